The third-order valence-corrected chi connectivity index (χ3v) is 6.14. The summed E-state index contributed by atoms with van der Waals surface area (Å²) in [5, 5.41) is 7.34. The van der Waals surface area contributed by atoms with Crippen molar-refractivity contribution in [1.29, 1.82) is 0 Å². The molecule has 2 heterocycles. The molecular formula is C23H22N4O4. The van der Waals surface area contributed by atoms with Gasteiger partial charge in [-0.15, -0.1) is 0 Å². The van der Waals surface area contributed by atoms with E-state index in [1.54, 1.807) is 29.3 Å². The monoisotopic (exact) mass is 418 g/mol. The summed E-state index contributed by atoms with van der Waals surface area (Å²) < 4.78 is 6.58. The number of benzene rings is 2. The first-order valence-electron chi connectivity index (χ1n) is 10.4. The fraction of sp³-hybridized carbons (Fsp3) is 0.304. The predicted molar refractivity (Wildman–Crippen MR) is 114 cm³/mol. The van der Waals surface area contributed by atoms with E-state index in [0.717, 1.165) is 24.8 Å². The van der Waals surface area contributed by atoms with E-state index in [4.69, 9.17) is 4.74 Å². The van der Waals surface area contributed by atoms with Crippen molar-refractivity contribution < 1.29 is 19.1 Å². The molecule has 1 N–H and O–H groups in total. The summed E-state index contributed by atoms with van der Waals surface area (Å²) >= 11 is 0. The first-order chi connectivity index (χ1) is 15.1. The van der Waals surface area contributed by atoms with E-state index in [-0.39, 0.29) is 12.5 Å². The van der Waals surface area contributed by atoms with E-state index in [1.165, 1.54) is 4.68 Å². The number of amides is 3. The lowest BCUT2D eigenvalue weighted by atomic mass is 9.80. The van der Waals surface area contributed by atoms with Gasteiger partial charge >= 0.3 is 12.1 Å². The van der Waals surface area contributed by atoms with Crippen LogP contribution in [0.5, 0.6) is 0 Å². The second-order valence-corrected chi connectivity index (χ2v) is 8.03. The number of aromatic nitrogens is 2. The van der Waals surface area contributed by atoms with Crippen LogP contribution in [0.4, 0.5) is 15.3 Å². The van der Waals surface area contributed by atoms with E-state index in [9.17, 15) is 14.4 Å². The Morgan fingerprint density at radius 1 is 1.06 bits per heavy atom. The van der Waals surface area contributed by atoms with Crippen LogP contribution in [0.15, 0.2) is 54.7 Å². The zero-order valence-electron chi connectivity index (χ0n) is 16.9. The van der Waals surface area contributed by atoms with Gasteiger partial charge in [-0.2, -0.15) is 9.78 Å². The summed E-state index contributed by atoms with van der Waals surface area (Å²) in [6.45, 7) is 0.150. The van der Waals surface area contributed by atoms with Crippen molar-refractivity contribution in [3.05, 3.63) is 60.3 Å². The minimum atomic E-state index is -0.826. The zero-order valence-corrected chi connectivity index (χ0v) is 16.9. The molecule has 1 aliphatic carbocycles. The maximum atomic E-state index is 12.6. The molecule has 2 aliphatic rings. The number of carbonyl (C=O) groups excluding carboxylic acids is 3. The Balaban J connectivity index is 1.42. The van der Waals surface area contributed by atoms with Crippen LogP contribution in [0.3, 0.4) is 0 Å². The van der Waals surface area contributed by atoms with Crippen molar-refractivity contribution in [1.82, 2.24) is 15.1 Å². The van der Waals surface area contributed by atoms with Crippen LogP contribution < -0.4 is 10.2 Å². The van der Waals surface area contributed by atoms with Gasteiger partial charge in [0.1, 0.15) is 12.1 Å². The minimum absolute atomic E-state index is 0.150. The third-order valence-electron chi connectivity index (χ3n) is 6.14. The molecule has 0 bridgehead atoms. The lowest BCUT2D eigenvalue weighted by molar-refractivity contribution is -0.124. The number of rotatable bonds is 3. The van der Waals surface area contributed by atoms with Crippen molar-refractivity contribution in [2.24, 2.45) is 0 Å². The molecule has 1 aliphatic heterocycles. The van der Waals surface area contributed by atoms with Crippen LogP contribution >= 0.6 is 0 Å². The highest BCUT2D eigenvalue weighted by Gasteiger charge is 2.53. The first kappa shape index (κ1) is 19.3. The number of imide groups is 1. The van der Waals surface area contributed by atoms with Gasteiger partial charge in [-0.25, -0.2) is 9.59 Å². The Hall–Kier alpha value is -3.68. The maximum Gasteiger partial charge on any atom is 0.435 e. The molecule has 8 heteroatoms. The van der Waals surface area contributed by atoms with Gasteiger partial charge in [0.05, 0.1) is 11.7 Å². The lowest BCUT2D eigenvalue weighted by Gasteiger charge is -2.38. The quantitative estimate of drug-likeness (QED) is 0.650. The van der Waals surface area contributed by atoms with Gasteiger partial charge in [0.25, 0.3) is 5.91 Å². The summed E-state index contributed by atoms with van der Waals surface area (Å²) in [5.74, 6) is -0.225. The highest BCUT2D eigenvalue weighted by atomic mass is 16.6. The number of hydrogen-bond acceptors (Lipinski definition) is 5. The molecule has 1 saturated carbocycles. The largest absolute Gasteiger partial charge is 0.443 e. The van der Waals surface area contributed by atoms with Gasteiger partial charge in [-0.05, 0) is 36.6 Å². The van der Waals surface area contributed by atoms with Crippen LogP contribution in [0.1, 0.15) is 37.7 Å². The molecule has 0 atom stereocenters. The number of ether oxygens (including phenoxy) is 1. The molecular weight excluding hydrogens is 396 g/mol. The molecule has 0 unspecified atom stereocenters. The molecule has 2 aromatic carbocycles. The summed E-state index contributed by atoms with van der Waals surface area (Å²) in [6.07, 6.45) is 5.15. The SMILES string of the molecule is O=C1NC(=O)C2(CCCCC2)N1c1ccc2c(cnn2C(=O)OCc2ccccc2)c1. The number of fused-ring (bicyclic) bond motifs is 1. The summed E-state index contributed by atoms with van der Waals surface area (Å²) in [4.78, 5) is 39.4. The molecule has 1 saturated heterocycles. The smallest absolute Gasteiger partial charge is 0.435 e. The van der Waals surface area contributed by atoms with Crippen LogP contribution in [-0.2, 0) is 16.1 Å². The summed E-state index contributed by atoms with van der Waals surface area (Å²) in [7, 11) is 0. The van der Waals surface area contributed by atoms with Gasteiger partial charge in [0.15, 0.2) is 0 Å². The molecule has 5 rings (SSSR count). The third kappa shape index (κ3) is 3.24. The molecule has 3 amide bonds. The standard InChI is InChI=1S/C23H22N4O4/c28-20-23(11-5-2-6-12-23)26(21(29)25-20)18-9-10-19-17(13-18)14-24-27(19)22(30)31-15-16-7-3-1-4-8-16/h1,3-4,7-10,13-14H,2,5-6,11-12,15H2,(H,25,28,29). The molecule has 3 aromatic rings. The number of urea groups is 1. The highest BCUT2D eigenvalue weighted by molar-refractivity contribution is 6.17. The van der Waals surface area contributed by atoms with E-state index in [0.29, 0.717) is 29.4 Å². The number of nitrogens with zero attached hydrogens (tertiary/aromatic N) is 3. The van der Waals surface area contributed by atoms with E-state index >= 15 is 0 Å². The summed E-state index contributed by atoms with van der Waals surface area (Å²) in [6, 6.07) is 14.3. The zero-order chi connectivity index (χ0) is 21.4. The number of hydrogen-bond donors (Lipinski definition) is 1. The van der Waals surface area contributed by atoms with Crippen molar-refractivity contribution in [2.75, 3.05) is 4.90 Å². The van der Waals surface area contributed by atoms with Crippen molar-refractivity contribution >= 4 is 34.6 Å². The Labute approximate surface area is 178 Å². The fourth-order valence-electron chi connectivity index (χ4n) is 4.60. The molecule has 1 spiro atoms. The molecule has 158 valence electrons. The molecule has 0 radical (unpaired) electrons. The second-order valence-electron chi connectivity index (χ2n) is 8.03. The summed E-state index contributed by atoms with van der Waals surface area (Å²) in [5.41, 5.74) is 1.26. The molecule has 1 aromatic heterocycles. The predicted octanol–water partition coefficient (Wildman–Crippen LogP) is 3.98. The average molecular weight is 418 g/mol. The fourth-order valence-corrected chi connectivity index (χ4v) is 4.60. The Morgan fingerprint density at radius 2 is 1.84 bits per heavy atom. The molecule has 2 fully saturated rings. The normalized spacial score (nSPS) is 17.9. The average Bonchev–Trinajstić information content (AvgIpc) is 3.31. The molecule has 31 heavy (non-hydrogen) atoms. The van der Waals surface area contributed by atoms with E-state index < -0.39 is 17.7 Å². The van der Waals surface area contributed by atoms with E-state index in [1.807, 2.05) is 30.3 Å². The van der Waals surface area contributed by atoms with Gasteiger partial charge in [-0.3, -0.25) is 15.0 Å². The second kappa shape index (κ2) is 7.54. The number of carbonyl (C=O) groups is 3. The topological polar surface area (TPSA) is 93.5 Å². The highest BCUT2D eigenvalue weighted by Crippen LogP contribution is 2.40. The Morgan fingerprint density at radius 3 is 2.61 bits per heavy atom. The lowest BCUT2D eigenvalue weighted by Crippen LogP contribution is -2.51. The van der Waals surface area contributed by atoms with Crippen molar-refractivity contribution in [3.63, 3.8) is 0 Å². The van der Waals surface area contributed by atoms with Gasteiger partial charge < -0.3 is 4.74 Å². The van der Waals surface area contributed by atoms with Gasteiger partial charge in [0.2, 0.25) is 0 Å². The number of nitrogens with one attached hydrogen (secondary N) is 1. The number of anilines is 1. The Bertz CT molecular complexity index is 1160. The van der Waals surface area contributed by atoms with Crippen LogP contribution in [0, 0.1) is 0 Å². The van der Waals surface area contributed by atoms with Gasteiger partial charge in [0, 0.05) is 11.1 Å². The van der Waals surface area contributed by atoms with Crippen LogP contribution in [0.2, 0.25) is 0 Å². The van der Waals surface area contributed by atoms with Crippen LogP contribution in [0.25, 0.3) is 10.9 Å². The van der Waals surface area contributed by atoms with E-state index in [2.05, 4.69) is 10.4 Å². The van der Waals surface area contributed by atoms with Crippen molar-refractivity contribution in [3.8, 4) is 0 Å². The molecule has 8 nitrogen and oxygen atoms in total. The van der Waals surface area contributed by atoms with Crippen molar-refractivity contribution in [2.45, 2.75) is 44.2 Å². The Kier molecular flexibility index (Phi) is 4.69. The first-order valence-corrected chi connectivity index (χ1v) is 10.4. The maximum absolute atomic E-state index is 12.6. The van der Waals surface area contributed by atoms with Crippen LogP contribution in [-0.4, -0.2) is 33.4 Å². The minimum Gasteiger partial charge on any atom is -0.443 e. The van der Waals surface area contributed by atoms with Gasteiger partial charge in [-0.1, -0.05) is 49.6 Å².